The van der Waals surface area contributed by atoms with Gasteiger partial charge in [0.2, 0.25) is 0 Å². The Hall–Kier alpha value is -1.57. The molecular formula is C20H26O2. The summed E-state index contributed by atoms with van der Waals surface area (Å²) < 4.78 is 0. The van der Waals surface area contributed by atoms with Gasteiger partial charge in [-0.3, -0.25) is 4.79 Å². The molecule has 0 amide bonds. The average molecular weight is 298 g/mol. The van der Waals surface area contributed by atoms with Crippen LogP contribution in [0.5, 0.6) is 0 Å². The van der Waals surface area contributed by atoms with Crippen molar-refractivity contribution in [2.24, 2.45) is 5.92 Å². The maximum Gasteiger partial charge on any atom is 0.169 e. The van der Waals surface area contributed by atoms with E-state index in [0.717, 1.165) is 29.9 Å². The fraction of sp³-hybridized carbons (Fsp3) is 0.550. The van der Waals surface area contributed by atoms with Crippen LogP contribution in [0.4, 0.5) is 0 Å². The van der Waals surface area contributed by atoms with Gasteiger partial charge in [0.1, 0.15) is 5.76 Å². The van der Waals surface area contributed by atoms with E-state index in [1.807, 2.05) is 31.2 Å². The summed E-state index contributed by atoms with van der Waals surface area (Å²) in [7, 11) is 0. The maximum atomic E-state index is 12.5. The van der Waals surface area contributed by atoms with Gasteiger partial charge in [0, 0.05) is 11.6 Å². The lowest BCUT2D eigenvalue weighted by Gasteiger charge is -2.33. The summed E-state index contributed by atoms with van der Waals surface area (Å²) in [5.41, 5.74) is 1.34. The molecule has 1 unspecified atom stereocenters. The molecule has 2 heteroatoms. The van der Waals surface area contributed by atoms with Gasteiger partial charge in [-0.15, -0.1) is 0 Å². The Balaban J connectivity index is 1.72. The summed E-state index contributed by atoms with van der Waals surface area (Å²) in [6, 6.07) is 7.79. The molecule has 0 spiro atoms. The van der Waals surface area contributed by atoms with Gasteiger partial charge in [0.25, 0.3) is 0 Å². The first-order valence-electron chi connectivity index (χ1n) is 8.66. The minimum atomic E-state index is -0.475. The lowest BCUT2D eigenvalue weighted by molar-refractivity contribution is -0.119. The number of fused-ring (bicyclic) bond motifs is 1. The number of carbonyl (C=O) groups excluding carboxylic acids is 1. The number of benzene rings is 1. The minimum absolute atomic E-state index is 0.0485. The minimum Gasteiger partial charge on any atom is -0.507 e. The Kier molecular flexibility index (Phi) is 4.37. The van der Waals surface area contributed by atoms with E-state index >= 15 is 0 Å². The van der Waals surface area contributed by atoms with Gasteiger partial charge in [-0.25, -0.2) is 0 Å². The Bertz CT molecular complexity index is 581. The second kappa shape index (κ2) is 6.28. The van der Waals surface area contributed by atoms with Crippen molar-refractivity contribution in [1.82, 2.24) is 0 Å². The number of rotatable bonds is 4. The first kappa shape index (κ1) is 15.3. The van der Waals surface area contributed by atoms with E-state index in [-0.39, 0.29) is 11.5 Å². The molecule has 0 aliphatic heterocycles. The lowest BCUT2D eigenvalue weighted by atomic mass is 9.69. The lowest BCUT2D eigenvalue weighted by Crippen LogP contribution is -2.35. The normalized spacial score (nSPS) is 25.7. The van der Waals surface area contributed by atoms with Crippen LogP contribution < -0.4 is 0 Å². The second-order valence-electron chi connectivity index (χ2n) is 7.17. The molecule has 0 saturated heterocycles. The summed E-state index contributed by atoms with van der Waals surface area (Å²) in [6.45, 7) is 2.04. The molecule has 1 aromatic rings. The Morgan fingerprint density at radius 3 is 2.68 bits per heavy atom. The van der Waals surface area contributed by atoms with Crippen LogP contribution in [0.2, 0.25) is 0 Å². The van der Waals surface area contributed by atoms with Gasteiger partial charge < -0.3 is 5.11 Å². The van der Waals surface area contributed by atoms with E-state index in [0.29, 0.717) is 0 Å². The third-order valence-corrected chi connectivity index (χ3v) is 5.62. The molecule has 1 aromatic carbocycles. The summed E-state index contributed by atoms with van der Waals surface area (Å²) >= 11 is 0. The van der Waals surface area contributed by atoms with Crippen LogP contribution >= 0.6 is 0 Å². The van der Waals surface area contributed by atoms with Crippen molar-refractivity contribution in [1.29, 1.82) is 0 Å². The molecule has 0 bridgehead atoms. The monoisotopic (exact) mass is 298 g/mol. The van der Waals surface area contributed by atoms with Gasteiger partial charge in [0.05, 0.1) is 5.41 Å². The largest absolute Gasteiger partial charge is 0.507 e. The van der Waals surface area contributed by atoms with Crippen LogP contribution in [0.3, 0.4) is 0 Å². The van der Waals surface area contributed by atoms with Crippen molar-refractivity contribution in [3.05, 3.63) is 41.5 Å². The number of aliphatic hydroxyl groups is 1. The third kappa shape index (κ3) is 2.84. The Morgan fingerprint density at radius 1 is 1.18 bits per heavy atom. The molecule has 2 nitrogen and oxygen atoms in total. The molecule has 118 valence electrons. The maximum absolute atomic E-state index is 12.5. The average Bonchev–Trinajstić information content (AvgIpc) is 2.54. The first-order valence-corrected chi connectivity index (χ1v) is 8.66. The summed E-state index contributed by atoms with van der Waals surface area (Å²) in [5, 5.41) is 10.0. The van der Waals surface area contributed by atoms with Crippen LogP contribution in [-0.2, 0) is 10.2 Å². The number of hydrogen-bond donors (Lipinski definition) is 1. The molecular weight excluding hydrogens is 272 g/mol. The molecule has 2 aliphatic carbocycles. The number of allylic oxidation sites excluding steroid dienone is 1. The molecule has 22 heavy (non-hydrogen) atoms. The second-order valence-corrected chi connectivity index (χ2v) is 7.17. The van der Waals surface area contributed by atoms with Crippen molar-refractivity contribution in [3.8, 4) is 0 Å². The zero-order valence-corrected chi connectivity index (χ0v) is 13.5. The van der Waals surface area contributed by atoms with Crippen LogP contribution in [0.15, 0.2) is 30.3 Å². The predicted molar refractivity (Wildman–Crippen MR) is 89.8 cm³/mol. The SMILES string of the molecule is CC1(CCCC2CCCCC2)C(=O)C=C(O)c2ccccc21. The Morgan fingerprint density at radius 2 is 1.91 bits per heavy atom. The fourth-order valence-corrected chi connectivity index (χ4v) is 4.16. The van der Waals surface area contributed by atoms with E-state index < -0.39 is 5.41 Å². The van der Waals surface area contributed by atoms with Gasteiger partial charge in [-0.2, -0.15) is 0 Å². The van der Waals surface area contributed by atoms with Crippen LogP contribution in [-0.4, -0.2) is 10.9 Å². The highest BCUT2D eigenvalue weighted by atomic mass is 16.3. The van der Waals surface area contributed by atoms with E-state index in [1.165, 1.54) is 44.6 Å². The third-order valence-electron chi connectivity index (χ3n) is 5.62. The molecule has 1 atom stereocenters. The Labute approximate surface area is 133 Å². The molecule has 0 aromatic heterocycles. The summed E-state index contributed by atoms with van der Waals surface area (Å²) in [6.07, 6.45) is 11.5. The number of carbonyl (C=O) groups is 1. The molecule has 1 saturated carbocycles. The van der Waals surface area contributed by atoms with E-state index in [2.05, 4.69) is 0 Å². The van der Waals surface area contributed by atoms with Gasteiger partial charge >= 0.3 is 0 Å². The molecule has 1 N–H and O–H groups in total. The predicted octanol–water partition coefficient (Wildman–Crippen LogP) is 5.18. The van der Waals surface area contributed by atoms with Crippen molar-refractivity contribution < 1.29 is 9.90 Å². The quantitative estimate of drug-likeness (QED) is 0.832. The summed E-state index contributed by atoms with van der Waals surface area (Å²) in [5.74, 6) is 1.02. The number of ketones is 1. The number of hydrogen-bond acceptors (Lipinski definition) is 2. The fourth-order valence-electron chi connectivity index (χ4n) is 4.16. The molecule has 1 fully saturated rings. The van der Waals surface area contributed by atoms with E-state index in [1.54, 1.807) is 0 Å². The molecule has 3 rings (SSSR count). The molecule has 0 heterocycles. The van der Waals surface area contributed by atoms with E-state index in [4.69, 9.17) is 0 Å². The zero-order chi connectivity index (χ0) is 15.6. The first-order chi connectivity index (χ1) is 10.6. The van der Waals surface area contributed by atoms with Gasteiger partial charge in [-0.1, -0.05) is 69.2 Å². The smallest absolute Gasteiger partial charge is 0.169 e. The van der Waals surface area contributed by atoms with Crippen LogP contribution in [0, 0.1) is 5.92 Å². The van der Waals surface area contributed by atoms with Crippen molar-refractivity contribution in [2.45, 2.75) is 63.7 Å². The topological polar surface area (TPSA) is 37.3 Å². The highest BCUT2D eigenvalue weighted by molar-refractivity contribution is 6.06. The highest BCUT2D eigenvalue weighted by Crippen LogP contribution is 2.40. The molecule has 0 radical (unpaired) electrons. The molecule has 2 aliphatic rings. The van der Waals surface area contributed by atoms with Crippen LogP contribution in [0.25, 0.3) is 5.76 Å². The van der Waals surface area contributed by atoms with Crippen molar-refractivity contribution >= 4 is 11.5 Å². The van der Waals surface area contributed by atoms with E-state index in [9.17, 15) is 9.90 Å². The van der Waals surface area contributed by atoms with Crippen LogP contribution in [0.1, 0.15) is 69.4 Å². The number of aliphatic hydroxyl groups excluding tert-OH is 1. The summed E-state index contributed by atoms with van der Waals surface area (Å²) in [4.78, 5) is 12.5. The van der Waals surface area contributed by atoms with Crippen molar-refractivity contribution in [2.75, 3.05) is 0 Å². The van der Waals surface area contributed by atoms with Crippen molar-refractivity contribution in [3.63, 3.8) is 0 Å². The van der Waals surface area contributed by atoms with Gasteiger partial charge in [-0.05, 0) is 24.8 Å². The standard InChI is InChI=1S/C20H26O2/c1-20(13-7-10-15-8-3-2-4-9-15)17-12-6-5-11-16(17)18(21)14-19(20)22/h5-6,11-12,14-15,21H,2-4,7-10,13H2,1H3. The highest BCUT2D eigenvalue weighted by Gasteiger charge is 2.39. The van der Waals surface area contributed by atoms with Gasteiger partial charge in [0.15, 0.2) is 5.78 Å². The zero-order valence-electron chi connectivity index (χ0n) is 13.5.